The molecule has 0 aromatic carbocycles. The van der Waals surface area contributed by atoms with Crippen LogP contribution in [0, 0.1) is 0 Å². The van der Waals surface area contributed by atoms with Crippen molar-refractivity contribution in [2.24, 2.45) is 0 Å². The van der Waals surface area contributed by atoms with Gasteiger partial charge in [0.1, 0.15) is 11.4 Å². The topological polar surface area (TPSA) is 90.8 Å². The Labute approximate surface area is 122 Å². The number of carboxylic acid groups (broad SMARTS) is 1. The third kappa shape index (κ3) is 3.56. The lowest BCUT2D eigenvalue weighted by Crippen LogP contribution is -2.37. The highest BCUT2D eigenvalue weighted by Crippen LogP contribution is 2.09. The Morgan fingerprint density at radius 2 is 1.67 bits per heavy atom. The molecule has 0 spiro atoms. The lowest BCUT2D eigenvalue weighted by Gasteiger charge is -2.21. The van der Waals surface area contributed by atoms with E-state index in [-0.39, 0.29) is 23.2 Å². The number of carbonyl (C=O) groups excluding carboxylic acids is 2. The van der Waals surface area contributed by atoms with Crippen LogP contribution in [0.1, 0.15) is 34.3 Å². The van der Waals surface area contributed by atoms with Crippen molar-refractivity contribution >= 4 is 17.8 Å². The summed E-state index contributed by atoms with van der Waals surface area (Å²) in [6, 6.07) is 4.35. The second kappa shape index (κ2) is 6.34. The molecule has 7 nitrogen and oxygen atoms in total. The molecule has 2 heterocycles. The third-order valence-corrected chi connectivity index (χ3v) is 3.42. The molecule has 1 aromatic rings. The predicted octanol–water partition coefficient (Wildman–Crippen LogP) is 0.474. The van der Waals surface area contributed by atoms with Crippen molar-refractivity contribution in [3.05, 3.63) is 29.6 Å². The average molecular weight is 291 g/mol. The highest BCUT2D eigenvalue weighted by molar-refractivity contribution is 5.94. The Morgan fingerprint density at radius 1 is 1.05 bits per heavy atom. The zero-order valence-electron chi connectivity index (χ0n) is 11.8. The zero-order chi connectivity index (χ0) is 15.4. The second-order valence-electron chi connectivity index (χ2n) is 4.87. The largest absolute Gasteiger partial charge is 0.477 e. The van der Waals surface area contributed by atoms with Crippen molar-refractivity contribution in [2.75, 3.05) is 26.2 Å². The summed E-state index contributed by atoms with van der Waals surface area (Å²) in [5.41, 5.74) is -0.0350. The SMILES string of the molecule is CC(=O)N1CCCN(C(=O)c2cccc(C(=O)O)n2)CC1. The Balaban J connectivity index is 2.11. The summed E-state index contributed by atoms with van der Waals surface area (Å²) in [5.74, 6) is -1.47. The number of aromatic nitrogens is 1. The fraction of sp³-hybridized carbons (Fsp3) is 0.429. The van der Waals surface area contributed by atoms with E-state index in [0.29, 0.717) is 32.6 Å². The monoisotopic (exact) mass is 291 g/mol. The van der Waals surface area contributed by atoms with Crippen LogP contribution in [-0.4, -0.2) is 63.9 Å². The molecule has 1 aliphatic rings. The molecule has 0 aliphatic carbocycles. The van der Waals surface area contributed by atoms with Gasteiger partial charge in [-0.3, -0.25) is 9.59 Å². The van der Waals surface area contributed by atoms with E-state index in [1.165, 1.54) is 25.1 Å². The van der Waals surface area contributed by atoms with Gasteiger partial charge < -0.3 is 14.9 Å². The van der Waals surface area contributed by atoms with E-state index in [2.05, 4.69) is 4.98 Å². The lowest BCUT2D eigenvalue weighted by molar-refractivity contribution is -0.128. The molecule has 0 bridgehead atoms. The number of hydrogen-bond donors (Lipinski definition) is 1. The summed E-state index contributed by atoms with van der Waals surface area (Å²) in [4.78, 5) is 41.8. The molecule has 1 aliphatic heterocycles. The molecule has 1 saturated heterocycles. The molecule has 0 atom stereocenters. The molecule has 1 aromatic heterocycles. The number of aromatic carboxylic acids is 1. The van der Waals surface area contributed by atoms with Gasteiger partial charge in [0.15, 0.2) is 0 Å². The van der Waals surface area contributed by atoms with Crippen molar-refractivity contribution in [3.8, 4) is 0 Å². The Hall–Kier alpha value is -2.44. The van der Waals surface area contributed by atoms with Crippen molar-refractivity contribution in [3.63, 3.8) is 0 Å². The molecular weight excluding hydrogens is 274 g/mol. The number of carboxylic acids is 1. The van der Waals surface area contributed by atoms with Gasteiger partial charge >= 0.3 is 5.97 Å². The van der Waals surface area contributed by atoms with E-state index in [1.807, 2.05) is 0 Å². The van der Waals surface area contributed by atoms with Crippen LogP contribution < -0.4 is 0 Å². The molecule has 21 heavy (non-hydrogen) atoms. The summed E-state index contributed by atoms with van der Waals surface area (Å²) in [5, 5.41) is 8.91. The summed E-state index contributed by atoms with van der Waals surface area (Å²) in [6.45, 7) is 3.58. The Kier molecular flexibility index (Phi) is 4.52. The van der Waals surface area contributed by atoms with E-state index >= 15 is 0 Å². The fourth-order valence-electron chi connectivity index (χ4n) is 2.27. The minimum absolute atomic E-state index is 0.00435. The van der Waals surface area contributed by atoms with Crippen LogP contribution in [0.2, 0.25) is 0 Å². The number of rotatable bonds is 2. The highest BCUT2D eigenvalue weighted by atomic mass is 16.4. The molecule has 1 N–H and O–H groups in total. The van der Waals surface area contributed by atoms with Gasteiger partial charge in [-0.25, -0.2) is 9.78 Å². The number of amides is 2. The first kappa shape index (κ1) is 15.0. The first-order chi connectivity index (χ1) is 9.99. The van der Waals surface area contributed by atoms with Crippen molar-refractivity contribution < 1.29 is 19.5 Å². The molecule has 0 radical (unpaired) electrons. The standard InChI is InChI=1S/C14H17N3O4/c1-10(18)16-6-3-7-17(9-8-16)13(19)11-4-2-5-12(15-11)14(20)21/h2,4-5H,3,6-9H2,1H3,(H,20,21). The first-order valence-electron chi connectivity index (χ1n) is 6.74. The molecule has 0 saturated carbocycles. The normalized spacial score (nSPS) is 15.5. The van der Waals surface area contributed by atoms with Crippen LogP contribution >= 0.6 is 0 Å². The lowest BCUT2D eigenvalue weighted by atomic mass is 10.2. The molecule has 112 valence electrons. The van der Waals surface area contributed by atoms with Gasteiger partial charge in [0.25, 0.3) is 5.91 Å². The van der Waals surface area contributed by atoms with Crippen LogP contribution in [0.3, 0.4) is 0 Å². The summed E-state index contributed by atoms with van der Waals surface area (Å²) in [6.07, 6.45) is 0.698. The molecule has 2 rings (SSSR count). The fourth-order valence-corrected chi connectivity index (χ4v) is 2.27. The smallest absolute Gasteiger partial charge is 0.354 e. The second-order valence-corrected chi connectivity index (χ2v) is 4.87. The first-order valence-corrected chi connectivity index (χ1v) is 6.74. The van der Waals surface area contributed by atoms with Gasteiger partial charge in [0.2, 0.25) is 5.91 Å². The van der Waals surface area contributed by atoms with Crippen LogP contribution in [0.25, 0.3) is 0 Å². The zero-order valence-corrected chi connectivity index (χ0v) is 11.8. The van der Waals surface area contributed by atoms with E-state index in [0.717, 1.165) is 0 Å². The predicted molar refractivity (Wildman–Crippen MR) is 74.0 cm³/mol. The molecule has 7 heteroatoms. The van der Waals surface area contributed by atoms with Crippen molar-refractivity contribution in [2.45, 2.75) is 13.3 Å². The van der Waals surface area contributed by atoms with Crippen LogP contribution in [0.15, 0.2) is 18.2 Å². The number of carbonyl (C=O) groups is 3. The van der Waals surface area contributed by atoms with E-state index in [4.69, 9.17) is 5.11 Å². The van der Waals surface area contributed by atoms with Gasteiger partial charge in [-0.15, -0.1) is 0 Å². The van der Waals surface area contributed by atoms with Gasteiger partial charge in [-0.2, -0.15) is 0 Å². The van der Waals surface area contributed by atoms with E-state index in [9.17, 15) is 14.4 Å². The van der Waals surface area contributed by atoms with Gasteiger partial charge in [-0.05, 0) is 18.6 Å². The minimum Gasteiger partial charge on any atom is -0.477 e. The number of pyridine rings is 1. The van der Waals surface area contributed by atoms with Crippen molar-refractivity contribution in [1.82, 2.24) is 14.8 Å². The molecular formula is C14H17N3O4. The maximum atomic E-state index is 12.4. The maximum Gasteiger partial charge on any atom is 0.354 e. The van der Waals surface area contributed by atoms with E-state index in [1.54, 1.807) is 9.80 Å². The molecule has 0 unspecified atom stereocenters. The highest BCUT2D eigenvalue weighted by Gasteiger charge is 2.22. The molecule has 2 amide bonds. The average Bonchev–Trinajstić information content (AvgIpc) is 2.72. The Bertz CT molecular complexity index is 573. The van der Waals surface area contributed by atoms with Crippen LogP contribution in [-0.2, 0) is 4.79 Å². The van der Waals surface area contributed by atoms with Gasteiger partial charge in [0, 0.05) is 33.1 Å². The van der Waals surface area contributed by atoms with Gasteiger partial charge in [0.05, 0.1) is 0 Å². The Morgan fingerprint density at radius 3 is 2.33 bits per heavy atom. The number of hydrogen-bond acceptors (Lipinski definition) is 4. The summed E-state index contributed by atoms with van der Waals surface area (Å²) in [7, 11) is 0. The van der Waals surface area contributed by atoms with Crippen LogP contribution in [0.4, 0.5) is 0 Å². The minimum atomic E-state index is -1.16. The quantitative estimate of drug-likeness (QED) is 0.855. The summed E-state index contributed by atoms with van der Waals surface area (Å²) >= 11 is 0. The maximum absolute atomic E-state index is 12.4. The summed E-state index contributed by atoms with van der Waals surface area (Å²) < 4.78 is 0. The van der Waals surface area contributed by atoms with Gasteiger partial charge in [-0.1, -0.05) is 6.07 Å². The number of nitrogens with zero attached hydrogens (tertiary/aromatic N) is 3. The van der Waals surface area contributed by atoms with Crippen molar-refractivity contribution in [1.29, 1.82) is 0 Å². The molecule has 1 fully saturated rings. The van der Waals surface area contributed by atoms with Crippen LogP contribution in [0.5, 0.6) is 0 Å². The van der Waals surface area contributed by atoms with E-state index < -0.39 is 5.97 Å². The third-order valence-electron chi connectivity index (χ3n) is 3.42.